The lowest BCUT2D eigenvalue weighted by molar-refractivity contribution is 0.0941. The van der Waals surface area contributed by atoms with Crippen LogP contribution in [0.5, 0.6) is 5.75 Å². The monoisotopic (exact) mass is 278 g/mol. The Bertz CT molecular complexity index is 440. The van der Waals surface area contributed by atoms with Gasteiger partial charge in [-0.2, -0.15) is 0 Å². The fourth-order valence-electron chi connectivity index (χ4n) is 1.84. The molecule has 0 saturated heterocycles. The summed E-state index contributed by atoms with van der Waals surface area (Å²) in [6.45, 7) is 8.46. The molecule has 0 aromatic heterocycles. The molecule has 1 amide bonds. The van der Waals surface area contributed by atoms with Gasteiger partial charge in [-0.1, -0.05) is 19.9 Å². The molecule has 0 saturated carbocycles. The van der Waals surface area contributed by atoms with Crippen molar-refractivity contribution in [2.75, 3.05) is 6.54 Å². The number of nitrogens with two attached hydrogens (primary N) is 1. The zero-order valence-electron chi connectivity index (χ0n) is 12.9. The normalized spacial score (nSPS) is 11.5. The van der Waals surface area contributed by atoms with Gasteiger partial charge in [-0.25, -0.2) is 0 Å². The van der Waals surface area contributed by atoms with Gasteiger partial charge in [-0.05, 0) is 44.9 Å². The first-order chi connectivity index (χ1) is 9.40. The third-order valence-corrected chi connectivity index (χ3v) is 3.48. The molecule has 0 atom stereocenters. The summed E-state index contributed by atoms with van der Waals surface area (Å²) >= 11 is 0. The molecule has 0 spiro atoms. The van der Waals surface area contributed by atoms with Gasteiger partial charge in [-0.3, -0.25) is 4.79 Å². The third-order valence-electron chi connectivity index (χ3n) is 3.48. The Morgan fingerprint density at radius 1 is 1.35 bits per heavy atom. The molecule has 0 aliphatic carbocycles. The number of hydrogen-bond donors (Lipinski definition) is 2. The maximum Gasteiger partial charge on any atom is 0.251 e. The van der Waals surface area contributed by atoms with Crippen molar-refractivity contribution in [3.8, 4) is 5.75 Å². The van der Waals surface area contributed by atoms with Crippen LogP contribution >= 0.6 is 0 Å². The highest BCUT2D eigenvalue weighted by atomic mass is 16.5. The highest BCUT2D eigenvalue weighted by Gasteiger charge is 2.21. The van der Waals surface area contributed by atoms with Crippen molar-refractivity contribution in [1.29, 1.82) is 0 Å². The minimum Gasteiger partial charge on any atom is -0.491 e. The van der Waals surface area contributed by atoms with E-state index in [1.807, 2.05) is 39.8 Å². The maximum absolute atomic E-state index is 12.1. The van der Waals surface area contributed by atoms with Crippen LogP contribution in [0, 0.1) is 0 Å². The van der Waals surface area contributed by atoms with Crippen molar-refractivity contribution in [1.82, 2.24) is 5.32 Å². The van der Waals surface area contributed by atoms with E-state index in [0.717, 1.165) is 12.8 Å². The lowest BCUT2D eigenvalue weighted by Crippen LogP contribution is -2.49. The number of rotatable bonds is 7. The first-order valence-corrected chi connectivity index (χ1v) is 7.24. The van der Waals surface area contributed by atoms with Crippen molar-refractivity contribution in [2.24, 2.45) is 5.73 Å². The van der Waals surface area contributed by atoms with Crippen LogP contribution in [0.1, 0.15) is 50.9 Å². The molecule has 4 heteroatoms. The van der Waals surface area contributed by atoms with Gasteiger partial charge in [-0.15, -0.1) is 0 Å². The molecule has 0 heterocycles. The topological polar surface area (TPSA) is 64.3 Å². The lowest BCUT2D eigenvalue weighted by Gasteiger charge is -2.26. The molecule has 0 fully saturated rings. The first-order valence-electron chi connectivity index (χ1n) is 7.24. The van der Waals surface area contributed by atoms with Crippen LogP contribution in [-0.4, -0.2) is 24.1 Å². The summed E-state index contributed by atoms with van der Waals surface area (Å²) in [5.74, 6) is 0.591. The molecular formula is C16H26N2O2. The van der Waals surface area contributed by atoms with Crippen LogP contribution < -0.4 is 15.8 Å². The molecule has 3 N–H and O–H groups in total. The minimum atomic E-state index is -0.332. The number of carbonyl (C=O) groups excluding carboxylic acids is 1. The van der Waals surface area contributed by atoms with Crippen LogP contribution in [0.15, 0.2) is 24.3 Å². The smallest absolute Gasteiger partial charge is 0.251 e. The van der Waals surface area contributed by atoms with Crippen molar-refractivity contribution in [3.05, 3.63) is 29.8 Å². The summed E-state index contributed by atoms with van der Waals surface area (Å²) < 4.78 is 5.59. The van der Waals surface area contributed by atoms with Gasteiger partial charge in [0, 0.05) is 17.6 Å². The molecule has 0 aliphatic heterocycles. The van der Waals surface area contributed by atoms with Crippen molar-refractivity contribution >= 4 is 5.91 Å². The van der Waals surface area contributed by atoms with Crippen molar-refractivity contribution in [3.63, 3.8) is 0 Å². The zero-order valence-corrected chi connectivity index (χ0v) is 12.9. The standard InChI is InChI=1S/C16H26N2O2/c1-5-16(17,6-2)11-18-15(19)13-8-7-9-14(10-13)20-12(3)4/h7-10,12H,5-6,11,17H2,1-4H3,(H,18,19). The lowest BCUT2D eigenvalue weighted by atomic mass is 9.94. The fraction of sp³-hybridized carbons (Fsp3) is 0.562. The largest absolute Gasteiger partial charge is 0.491 e. The van der Waals surface area contributed by atoms with Gasteiger partial charge in [0.1, 0.15) is 5.75 Å². The minimum absolute atomic E-state index is 0.0881. The van der Waals surface area contributed by atoms with E-state index in [9.17, 15) is 4.79 Å². The Kier molecular flexibility index (Phi) is 6.02. The molecule has 0 radical (unpaired) electrons. The first kappa shape index (κ1) is 16.5. The Morgan fingerprint density at radius 2 is 2.00 bits per heavy atom. The van der Waals surface area contributed by atoms with Gasteiger partial charge in [0.05, 0.1) is 6.10 Å². The summed E-state index contributed by atoms with van der Waals surface area (Å²) in [5.41, 5.74) is 6.44. The number of amides is 1. The van der Waals surface area contributed by atoms with Gasteiger partial charge in [0.15, 0.2) is 0 Å². The summed E-state index contributed by atoms with van der Waals surface area (Å²) in [6.07, 6.45) is 1.76. The second-order valence-electron chi connectivity index (χ2n) is 5.45. The highest BCUT2D eigenvalue weighted by molar-refractivity contribution is 5.94. The van der Waals surface area contributed by atoms with Crippen molar-refractivity contribution in [2.45, 2.75) is 52.2 Å². The summed E-state index contributed by atoms with van der Waals surface area (Å²) in [5, 5.41) is 2.90. The van der Waals surface area contributed by atoms with E-state index < -0.39 is 0 Å². The Morgan fingerprint density at radius 3 is 2.55 bits per heavy atom. The van der Waals surface area contributed by atoms with Gasteiger partial charge >= 0.3 is 0 Å². The molecule has 20 heavy (non-hydrogen) atoms. The molecule has 0 aliphatic rings. The molecule has 1 aromatic rings. The highest BCUT2D eigenvalue weighted by Crippen LogP contribution is 2.15. The van der Waals surface area contributed by atoms with Crippen LogP contribution in [-0.2, 0) is 0 Å². The quantitative estimate of drug-likeness (QED) is 0.806. The molecule has 0 unspecified atom stereocenters. The van der Waals surface area contributed by atoms with Crippen LogP contribution in [0.3, 0.4) is 0 Å². The summed E-state index contributed by atoms with van der Waals surface area (Å²) in [7, 11) is 0. The molecule has 4 nitrogen and oxygen atoms in total. The average molecular weight is 278 g/mol. The molecule has 1 aromatic carbocycles. The van der Waals surface area contributed by atoms with E-state index in [4.69, 9.17) is 10.5 Å². The van der Waals surface area contributed by atoms with Crippen LogP contribution in [0.4, 0.5) is 0 Å². The van der Waals surface area contributed by atoms with Crippen LogP contribution in [0.2, 0.25) is 0 Å². The number of hydrogen-bond acceptors (Lipinski definition) is 3. The Labute approximate surface area is 121 Å². The zero-order chi connectivity index (χ0) is 15.2. The molecular weight excluding hydrogens is 252 g/mol. The van der Waals surface area contributed by atoms with Gasteiger partial charge in [0.25, 0.3) is 5.91 Å². The van der Waals surface area contributed by atoms with Gasteiger partial charge in [0.2, 0.25) is 0 Å². The predicted octanol–water partition coefficient (Wildman–Crippen LogP) is 2.72. The Hall–Kier alpha value is -1.55. The fourth-order valence-corrected chi connectivity index (χ4v) is 1.84. The predicted molar refractivity (Wildman–Crippen MR) is 82.0 cm³/mol. The van der Waals surface area contributed by atoms with E-state index in [0.29, 0.717) is 17.9 Å². The van der Waals surface area contributed by atoms with E-state index in [-0.39, 0.29) is 17.6 Å². The van der Waals surface area contributed by atoms with E-state index in [2.05, 4.69) is 5.32 Å². The SMILES string of the molecule is CCC(N)(CC)CNC(=O)c1cccc(OC(C)C)c1. The Balaban J connectivity index is 2.68. The van der Waals surface area contributed by atoms with Gasteiger partial charge < -0.3 is 15.8 Å². The average Bonchev–Trinajstić information content (AvgIpc) is 2.44. The second-order valence-corrected chi connectivity index (χ2v) is 5.45. The van der Waals surface area contributed by atoms with E-state index in [1.165, 1.54) is 0 Å². The second kappa shape index (κ2) is 7.29. The number of benzene rings is 1. The summed E-state index contributed by atoms with van der Waals surface area (Å²) in [4.78, 5) is 12.1. The number of nitrogens with one attached hydrogen (secondary N) is 1. The maximum atomic E-state index is 12.1. The number of carbonyl (C=O) groups is 1. The molecule has 0 bridgehead atoms. The molecule has 1 rings (SSSR count). The van der Waals surface area contributed by atoms with E-state index >= 15 is 0 Å². The molecule has 112 valence electrons. The van der Waals surface area contributed by atoms with E-state index in [1.54, 1.807) is 12.1 Å². The third kappa shape index (κ3) is 4.85. The summed E-state index contributed by atoms with van der Waals surface area (Å²) in [6, 6.07) is 7.20. The van der Waals surface area contributed by atoms with Crippen LogP contribution in [0.25, 0.3) is 0 Å². The van der Waals surface area contributed by atoms with Crippen molar-refractivity contribution < 1.29 is 9.53 Å². The number of ether oxygens (including phenoxy) is 1.